The normalized spacial score (nSPS) is 20.3. The Bertz CT molecular complexity index is 1640. The second kappa shape index (κ2) is 16.7. The van der Waals surface area contributed by atoms with Gasteiger partial charge in [0, 0.05) is 37.7 Å². The maximum Gasteiger partial charge on any atom is 0.414 e. The van der Waals surface area contributed by atoms with E-state index in [-0.39, 0.29) is 43.4 Å². The van der Waals surface area contributed by atoms with Gasteiger partial charge >= 0.3 is 6.09 Å². The fraction of sp³-hybridized carbons (Fsp3) is 0.595. The van der Waals surface area contributed by atoms with Gasteiger partial charge in [-0.05, 0) is 76.1 Å². The minimum absolute atomic E-state index is 0.0445. The third kappa shape index (κ3) is 10.2. The lowest BCUT2D eigenvalue weighted by molar-refractivity contribution is -0.273. The maximum atomic E-state index is 14.6. The van der Waals surface area contributed by atoms with Crippen LogP contribution in [0.2, 0.25) is 0 Å². The molecule has 2 aromatic rings. The number of hydrogen-bond acceptors (Lipinski definition) is 10. The van der Waals surface area contributed by atoms with E-state index in [4.69, 9.17) is 14.2 Å². The number of rotatable bonds is 15. The number of hydrogen-bond donors (Lipinski definition) is 1. The van der Waals surface area contributed by atoms with Gasteiger partial charge in [0.1, 0.15) is 11.7 Å². The average Bonchev–Trinajstić information content (AvgIpc) is 3.68. The second-order valence-corrected chi connectivity index (χ2v) is 16.9. The van der Waals surface area contributed by atoms with Crippen LogP contribution in [0.25, 0.3) is 0 Å². The van der Waals surface area contributed by atoms with E-state index in [1.165, 1.54) is 23.1 Å². The minimum Gasteiger partial charge on any atom is -0.530 e. The highest BCUT2D eigenvalue weighted by molar-refractivity contribution is 7.89. The van der Waals surface area contributed by atoms with Gasteiger partial charge in [-0.15, -0.1) is 0 Å². The van der Waals surface area contributed by atoms with E-state index < -0.39 is 64.2 Å². The van der Waals surface area contributed by atoms with Crippen molar-refractivity contribution in [1.29, 1.82) is 5.26 Å². The first kappa shape index (κ1) is 40.0. The number of amides is 2. The van der Waals surface area contributed by atoms with Crippen molar-refractivity contribution in [3.63, 3.8) is 0 Å². The van der Waals surface area contributed by atoms with Gasteiger partial charge in [0.25, 0.3) is 0 Å². The Balaban J connectivity index is 1.74. The van der Waals surface area contributed by atoms with Crippen LogP contribution in [-0.2, 0) is 30.7 Å². The molecule has 280 valence electrons. The van der Waals surface area contributed by atoms with Crippen LogP contribution in [0.15, 0.2) is 59.5 Å². The number of carbonyl (C=O) groups is 2. The van der Waals surface area contributed by atoms with E-state index in [0.29, 0.717) is 25.1 Å². The lowest BCUT2D eigenvalue weighted by Gasteiger charge is -2.43. The molecule has 0 unspecified atom stereocenters. The standard InChI is InChI=1S/C37H52N4O9S/c1-7-40(35(45)50-36(2,3)4)27-15-11-16-28(22-27)51(46,47)39(25-37(5,6)18-12-19-38)23-32(42)30(21-26-13-9-8-10-14-26)41(34(43)44)31-24-49-33-29(31)17-20-48-33/h8-11,13-16,22,29-33,42H,7,12,17-18,20-21,23-25H2,1-6H3,(H,43,44)/p-1/t29-,30-,31-,32+,33+/m0/s1. The summed E-state index contributed by atoms with van der Waals surface area (Å²) >= 11 is 0. The Labute approximate surface area is 301 Å². The molecule has 0 spiro atoms. The molecule has 51 heavy (non-hydrogen) atoms. The molecule has 2 saturated heterocycles. The van der Waals surface area contributed by atoms with E-state index in [2.05, 4.69) is 6.07 Å². The molecule has 14 heteroatoms. The molecule has 0 aromatic heterocycles. The number of nitrogens with zero attached hydrogens (tertiary/aromatic N) is 4. The van der Waals surface area contributed by atoms with E-state index in [1.807, 2.05) is 32.0 Å². The van der Waals surface area contributed by atoms with Gasteiger partial charge in [0.2, 0.25) is 10.0 Å². The molecule has 4 rings (SSSR count). The molecule has 1 N–H and O–H groups in total. The SMILES string of the molecule is CCN(C(=O)OC(C)(C)C)c1cccc(S(=O)(=O)N(C[C@@H](O)[C@H](Cc2ccccc2)N(C(=O)[O-])[C@H]2CO[C@H]3OCC[C@H]32)CC(C)(C)CCC#N)c1. The van der Waals surface area contributed by atoms with Crippen LogP contribution in [0.5, 0.6) is 0 Å². The maximum absolute atomic E-state index is 14.6. The Morgan fingerprint density at radius 1 is 1.10 bits per heavy atom. The van der Waals surface area contributed by atoms with E-state index in [0.717, 1.165) is 14.8 Å². The summed E-state index contributed by atoms with van der Waals surface area (Å²) in [6, 6.07) is 15.3. The number of anilines is 1. The molecule has 2 aliphatic heterocycles. The molecular weight excluding hydrogens is 676 g/mol. The topological polar surface area (TPSA) is 173 Å². The van der Waals surface area contributed by atoms with E-state index in [9.17, 15) is 33.5 Å². The van der Waals surface area contributed by atoms with Crippen LogP contribution in [0.4, 0.5) is 15.3 Å². The lowest BCUT2D eigenvalue weighted by atomic mass is 9.87. The van der Waals surface area contributed by atoms with E-state index in [1.54, 1.807) is 45.9 Å². The smallest absolute Gasteiger partial charge is 0.414 e. The number of ether oxygens (including phenoxy) is 3. The molecule has 2 aromatic carbocycles. The van der Waals surface area contributed by atoms with Crippen molar-refractivity contribution in [3.05, 3.63) is 60.2 Å². The number of aliphatic hydroxyl groups excluding tert-OH is 1. The number of aliphatic hydroxyl groups is 1. The predicted octanol–water partition coefficient (Wildman–Crippen LogP) is 4.15. The zero-order valence-corrected chi connectivity index (χ0v) is 31.2. The Morgan fingerprint density at radius 2 is 1.80 bits per heavy atom. The fourth-order valence-electron chi connectivity index (χ4n) is 6.74. The molecule has 2 amide bonds. The van der Waals surface area contributed by atoms with Gasteiger partial charge in [-0.1, -0.05) is 50.2 Å². The first-order valence-corrected chi connectivity index (χ1v) is 18.8. The highest BCUT2D eigenvalue weighted by atomic mass is 32.2. The molecule has 0 radical (unpaired) electrons. The minimum atomic E-state index is -4.38. The first-order valence-electron chi connectivity index (χ1n) is 17.4. The predicted molar refractivity (Wildman–Crippen MR) is 188 cm³/mol. The van der Waals surface area contributed by atoms with Gasteiger partial charge in [0.15, 0.2) is 6.29 Å². The van der Waals surface area contributed by atoms with Crippen LogP contribution in [0.3, 0.4) is 0 Å². The third-order valence-electron chi connectivity index (χ3n) is 9.27. The second-order valence-electron chi connectivity index (χ2n) is 14.9. The molecule has 2 fully saturated rings. The molecule has 13 nitrogen and oxygen atoms in total. The monoisotopic (exact) mass is 727 g/mol. The molecular formula is C37H51N4O9S-. The van der Waals surface area contributed by atoms with Crippen molar-refractivity contribution >= 4 is 27.9 Å². The fourth-order valence-corrected chi connectivity index (χ4v) is 8.43. The number of fused-ring (bicyclic) bond motifs is 1. The molecule has 2 heterocycles. The van der Waals surface area contributed by atoms with Crippen molar-refractivity contribution in [2.75, 3.05) is 37.7 Å². The van der Waals surface area contributed by atoms with Gasteiger partial charge in [-0.3, -0.25) is 4.90 Å². The Kier molecular flexibility index (Phi) is 13.1. The van der Waals surface area contributed by atoms with Crippen molar-refractivity contribution in [1.82, 2.24) is 9.21 Å². The summed E-state index contributed by atoms with van der Waals surface area (Å²) in [5.74, 6) is -0.271. The van der Waals surface area contributed by atoms with Crippen LogP contribution >= 0.6 is 0 Å². The highest BCUT2D eigenvalue weighted by Gasteiger charge is 2.47. The number of sulfonamides is 1. The number of benzene rings is 2. The zero-order chi connectivity index (χ0) is 37.6. The van der Waals surface area contributed by atoms with Crippen LogP contribution in [-0.4, -0.2) is 97.8 Å². The lowest BCUT2D eigenvalue weighted by Crippen LogP contribution is -2.61. The van der Waals surface area contributed by atoms with Crippen molar-refractivity contribution < 1.29 is 42.4 Å². The van der Waals surface area contributed by atoms with Crippen molar-refractivity contribution in [2.45, 2.75) is 102 Å². The summed E-state index contributed by atoms with van der Waals surface area (Å²) in [4.78, 5) is 28.3. The van der Waals surface area contributed by atoms with Gasteiger partial charge in [-0.2, -0.15) is 9.57 Å². The zero-order valence-electron chi connectivity index (χ0n) is 30.4. The summed E-state index contributed by atoms with van der Waals surface area (Å²) < 4.78 is 47.3. The van der Waals surface area contributed by atoms with Gasteiger partial charge < -0.3 is 34.1 Å². The number of carbonyl (C=O) groups excluding carboxylic acids is 2. The van der Waals surface area contributed by atoms with Gasteiger partial charge in [0.05, 0.1) is 42.4 Å². The third-order valence-corrected chi connectivity index (χ3v) is 11.1. The van der Waals surface area contributed by atoms with Crippen LogP contribution < -0.4 is 10.0 Å². The number of carboxylic acid groups (broad SMARTS) is 1. The molecule has 0 bridgehead atoms. The highest BCUT2D eigenvalue weighted by Crippen LogP contribution is 2.36. The summed E-state index contributed by atoms with van der Waals surface area (Å²) in [5.41, 5.74) is -0.439. The Morgan fingerprint density at radius 3 is 2.43 bits per heavy atom. The number of nitriles is 1. The summed E-state index contributed by atoms with van der Waals surface area (Å²) in [7, 11) is -4.38. The summed E-state index contributed by atoms with van der Waals surface area (Å²) in [5, 5.41) is 34.3. The Hall–Kier alpha value is -3.74. The van der Waals surface area contributed by atoms with Crippen molar-refractivity contribution in [3.8, 4) is 6.07 Å². The van der Waals surface area contributed by atoms with Gasteiger partial charge in [-0.25, -0.2) is 13.2 Å². The first-order chi connectivity index (χ1) is 24.0. The van der Waals surface area contributed by atoms with Crippen LogP contribution in [0, 0.1) is 22.7 Å². The molecule has 5 atom stereocenters. The molecule has 2 aliphatic rings. The summed E-state index contributed by atoms with van der Waals surface area (Å²) in [6.07, 6.45) is -3.03. The molecule has 0 saturated carbocycles. The average molecular weight is 728 g/mol. The van der Waals surface area contributed by atoms with Crippen molar-refractivity contribution in [2.24, 2.45) is 11.3 Å². The molecule has 0 aliphatic carbocycles. The van der Waals surface area contributed by atoms with E-state index >= 15 is 0 Å². The quantitative estimate of drug-likeness (QED) is 0.281. The largest absolute Gasteiger partial charge is 0.530 e. The van der Waals surface area contributed by atoms with Crippen LogP contribution in [0.1, 0.15) is 66.4 Å². The summed E-state index contributed by atoms with van der Waals surface area (Å²) in [6.45, 7) is 10.7.